The predicted molar refractivity (Wildman–Crippen MR) is 84.9 cm³/mol. The summed E-state index contributed by atoms with van der Waals surface area (Å²) in [7, 11) is 0. The van der Waals surface area contributed by atoms with Crippen LogP contribution in [0.15, 0.2) is 30.6 Å². The van der Waals surface area contributed by atoms with Gasteiger partial charge in [-0.2, -0.15) is 0 Å². The van der Waals surface area contributed by atoms with E-state index in [1.165, 1.54) is 19.2 Å². The lowest BCUT2D eigenvalue weighted by Crippen LogP contribution is -2.23. The first-order chi connectivity index (χ1) is 12.0. The Labute approximate surface area is 143 Å². The molecule has 1 aliphatic rings. The van der Waals surface area contributed by atoms with Crippen molar-refractivity contribution in [1.29, 1.82) is 0 Å². The zero-order valence-electron chi connectivity index (χ0n) is 13.6. The van der Waals surface area contributed by atoms with Gasteiger partial charge in [0.2, 0.25) is 0 Å². The topological polar surface area (TPSA) is 51.2 Å². The average molecular weight is 350 g/mol. The minimum absolute atomic E-state index is 0.0622. The van der Waals surface area contributed by atoms with Gasteiger partial charge in [-0.05, 0) is 32.0 Å². The van der Waals surface area contributed by atoms with E-state index in [1.54, 1.807) is 0 Å². The molecular formula is C18H17F3N2O2. The van der Waals surface area contributed by atoms with Crippen molar-refractivity contribution in [2.24, 2.45) is 5.92 Å². The largest absolute Gasteiger partial charge is 0.481 e. The van der Waals surface area contributed by atoms with Crippen molar-refractivity contribution in [2.45, 2.75) is 19.4 Å². The molecule has 4 nitrogen and oxygen atoms in total. The third-order valence-corrected chi connectivity index (χ3v) is 4.21. The highest BCUT2D eigenvalue weighted by molar-refractivity contribution is 5.96. The van der Waals surface area contributed by atoms with Crippen LogP contribution in [0.3, 0.4) is 0 Å². The van der Waals surface area contributed by atoms with Crippen molar-refractivity contribution >= 4 is 5.78 Å². The van der Waals surface area contributed by atoms with Crippen molar-refractivity contribution < 1.29 is 22.7 Å². The fourth-order valence-corrected chi connectivity index (χ4v) is 3.02. The summed E-state index contributed by atoms with van der Waals surface area (Å²) in [6, 6.07) is 2.87. The van der Waals surface area contributed by atoms with E-state index >= 15 is 0 Å². The predicted octanol–water partition coefficient (Wildman–Crippen LogP) is 3.43. The number of benzene rings is 1. The van der Waals surface area contributed by atoms with Crippen LogP contribution in [-0.4, -0.2) is 23.9 Å². The number of nitrogens with one attached hydrogen (secondary N) is 1. The first-order valence-electron chi connectivity index (χ1n) is 7.93. The lowest BCUT2D eigenvalue weighted by molar-refractivity contribution is 0.0991. The van der Waals surface area contributed by atoms with Crippen LogP contribution in [0.25, 0.3) is 0 Å². The van der Waals surface area contributed by atoms with Gasteiger partial charge in [-0.25, -0.2) is 13.2 Å². The van der Waals surface area contributed by atoms with Crippen molar-refractivity contribution in [3.8, 4) is 5.75 Å². The van der Waals surface area contributed by atoms with E-state index in [2.05, 4.69) is 10.3 Å². The Hall–Kier alpha value is -2.41. The number of pyridine rings is 1. The van der Waals surface area contributed by atoms with E-state index in [-0.39, 0.29) is 17.2 Å². The third-order valence-electron chi connectivity index (χ3n) is 4.21. The molecule has 132 valence electrons. The number of hydrogen-bond donors (Lipinski definition) is 1. The highest BCUT2D eigenvalue weighted by atomic mass is 19.1. The first kappa shape index (κ1) is 17.4. The van der Waals surface area contributed by atoms with Crippen molar-refractivity contribution in [3.63, 3.8) is 0 Å². The highest BCUT2D eigenvalue weighted by Gasteiger charge is 2.31. The lowest BCUT2D eigenvalue weighted by atomic mass is 9.95. The molecule has 0 radical (unpaired) electrons. The lowest BCUT2D eigenvalue weighted by Gasteiger charge is -2.25. The molecule has 1 aliphatic heterocycles. The van der Waals surface area contributed by atoms with Crippen LogP contribution in [-0.2, 0) is 0 Å². The van der Waals surface area contributed by atoms with E-state index in [1.807, 2.05) is 0 Å². The SMILES string of the molecule is CC(=O)c1cc(F)cc(F)c1O[C@@H](c1cncc(F)c1)[C@H]1CCNC1. The summed E-state index contributed by atoms with van der Waals surface area (Å²) in [5, 5.41) is 3.17. The Morgan fingerprint density at radius 1 is 1.24 bits per heavy atom. The second-order valence-corrected chi connectivity index (χ2v) is 6.05. The number of Topliss-reactive ketones (excluding diaryl/α,β-unsaturated/α-hetero) is 1. The zero-order chi connectivity index (χ0) is 18.0. The van der Waals surface area contributed by atoms with Crippen molar-refractivity contribution in [3.05, 3.63) is 59.2 Å². The summed E-state index contributed by atoms with van der Waals surface area (Å²) >= 11 is 0. The number of nitrogens with zero attached hydrogens (tertiary/aromatic N) is 1. The maximum absolute atomic E-state index is 14.3. The summed E-state index contributed by atoms with van der Waals surface area (Å²) in [5.74, 6) is -3.27. The number of aromatic nitrogens is 1. The first-order valence-corrected chi connectivity index (χ1v) is 7.93. The molecular weight excluding hydrogens is 333 g/mol. The number of hydrogen-bond acceptors (Lipinski definition) is 4. The number of carbonyl (C=O) groups is 1. The number of halogens is 3. The van der Waals surface area contributed by atoms with Gasteiger partial charge in [-0.3, -0.25) is 9.78 Å². The Balaban J connectivity index is 2.03. The van der Waals surface area contributed by atoms with Crippen LogP contribution < -0.4 is 10.1 Å². The molecule has 25 heavy (non-hydrogen) atoms. The second-order valence-electron chi connectivity index (χ2n) is 6.05. The highest BCUT2D eigenvalue weighted by Crippen LogP contribution is 2.35. The zero-order valence-corrected chi connectivity index (χ0v) is 13.6. The molecule has 1 saturated heterocycles. The monoisotopic (exact) mass is 350 g/mol. The Morgan fingerprint density at radius 3 is 2.68 bits per heavy atom. The molecule has 1 N–H and O–H groups in total. The van der Waals surface area contributed by atoms with E-state index in [0.717, 1.165) is 25.2 Å². The molecule has 7 heteroatoms. The molecule has 1 fully saturated rings. The molecule has 1 aromatic carbocycles. The fraction of sp³-hybridized carbons (Fsp3) is 0.333. The number of ether oxygens (including phenoxy) is 1. The van der Waals surface area contributed by atoms with E-state index in [0.29, 0.717) is 18.2 Å². The van der Waals surface area contributed by atoms with Crippen LogP contribution in [0.4, 0.5) is 13.2 Å². The minimum Gasteiger partial charge on any atom is -0.481 e. The smallest absolute Gasteiger partial charge is 0.168 e. The van der Waals surface area contributed by atoms with Gasteiger partial charge in [-0.15, -0.1) is 0 Å². The number of rotatable bonds is 5. The molecule has 2 aromatic rings. The van der Waals surface area contributed by atoms with Crippen LogP contribution in [0.5, 0.6) is 5.75 Å². The van der Waals surface area contributed by atoms with Crippen LogP contribution >= 0.6 is 0 Å². The van der Waals surface area contributed by atoms with Crippen molar-refractivity contribution in [1.82, 2.24) is 10.3 Å². The van der Waals surface area contributed by atoms with Crippen LogP contribution in [0.1, 0.15) is 35.4 Å². The molecule has 0 unspecified atom stereocenters. The fourth-order valence-electron chi connectivity index (χ4n) is 3.02. The summed E-state index contributed by atoms with van der Waals surface area (Å²) in [4.78, 5) is 15.6. The Bertz CT molecular complexity index is 792. The molecule has 0 aliphatic carbocycles. The average Bonchev–Trinajstić information content (AvgIpc) is 3.07. The van der Waals surface area contributed by atoms with Gasteiger partial charge in [0.25, 0.3) is 0 Å². The maximum Gasteiger partial charge on any atom is 0.168 e. The number of carbonyl (C=O) groups excluding carboxylic acids is 1. The Morgan fingerprint density at radius 2 is 2.04 bits per heavy atom. The van der Waals surface area contributed by atoms with Crippen LogP contribution in [0.2, 0.25) is 0 Å². The van der Waals surface area contributed by atoms with Gasteiger partial charge in [-0.1, -0.05) is 0 Å². The maximum atomic E-state index is 14.3. The standard InChI is InChI=1S/C18H17F3N2O2/c1-10(24)15-5-13(19)6-16(21)18(15)25-17(11-2-3-22-7-11)12-4-14(20)9-23-8-12/h4-6,8-9,11,17,22H,2-3,7H2,1H3/t11-,17+/m0/s1. The van der Waals surface area contributed by atoms with Gasteiger partial charge in [0.1, 0.15) is 17.7 Å². The second kappa shape index (κ2) is 7.23. The molecule has 2 atom stereocenters. The molecule has 2 heterocycles. The summed E-state index contributed by atoms with van der Waals surface area (Å²) in [5.41, 5.74) is 0.254. The van der Waals surface area contributed by atoms with E-state index in [4.69, 9.17) is 4.74 Å². The van der Waals surface area contributed by atoms with Gasteiger partial charge in [0, 0.05) is 30.3 Å². The number of ketones is 1. The minimum atomic E-state index is -0.967. The molecule has 0 saturated carbocycles. The van der Waals surface area contributed by atoms with E-state index < -0.39 is 29.3 Å². The van der Waals surface area contributed by atoms with Gasteiger partial charge in [0.15, 0.2) is 17.3 Å². The quantitative estimate of drug-likeness (QED) is 0.840. The van der Waals surface area contributed by atoms with Gasteiger partial charge < -0.3 is 10.1 Å². The van der Waals surface area contributed by atoms with Crippen molar-refractivity contribution in [2.75, 3.05) is 13.1 Å². The van der Waals surface area contributed by atoms with Gasteiger partial charge >= 0.3 is 0 Å². The molecule has 3 rings (SSSR count). The Kier molecular flexibility index (Phi) is 5.03. The van der Waals surface area contributed by atoms with E-state index in [9.17, 15) is 18.0 Å². The molecule has 0 bridgehead atoms. The van der Waals surface area contributed by atoms with Gasteiger partial charge in [0.05, 0.1) is 11.8 Å². The van der Waals surface area contributed by atoms with Crippen LogP contribution in [0, 0.1) is 23.4 Å². The summed E-state index contributed by atoms with van der Waals surface area (Å²) in [6.07, 6.45) is 2.53. The summed E-state index contributed by atoms with van der Waals surface area (Å²) < 4.78 is 47.1. The normalized spacial score (nSPS) is 18.2. The summed E-state index contributed by atoms with van der Waals surface area (Å²) in [6.45, 7) is 2.55. The molecule has 1 aromatic heterocycles. The third kappa shape index (κ3) is 3.82. The molecule has 0 spiro atoms. The molecule has 0 amide bonds.